The number of aliphatic hydroxyl groups excluding tert-OH is 1. The van der Waals surface area contributed by atoms with Gasteiger partial charge in [-0.05, 0) is 198 Å². The number of ether oxygens (including phenoxy) is 4. The molecular formula is C104H144BrCs2F2N11O16. The van der Waals surface area contributed by atoms with Crippen LogP contribution in [-0.4, -0.2) is 186 Å². The van der Waals surface area contributed by atoms with Crippen LogP contribution < -0.4 is 194 Å². The largest absolute Gasteiger partial charge is 1.00 e. The number of benzene rings is 8. The van der Waals surface area contributed by atoms with Gasteiger partial charge in [-0.3, -0.25) is 57.0 Å². The molecule has 0 unspecified atom stereocenters. The predicted molar refractivity (Wildman–Crippen MR) is 530 cm³/mol. The second kappa shape index (κ2) is 73.4. The number of nitrogens with one attached hydrogen (secondary N) is 3. The fraction of sp³-hybridized carbons (Fsp3) is 0.462. The van der Waals surface area contributed by atoms with Crippen LogP contribution in [0, 0.1) is 40.7 Å². The summed E-state index contributed by atoms with van der Waals surface area (Å²) >= 11 is 3.51. The molecule has 3 heterocycles. The van der Waals surface area contributed by atoms with Gasteiger partial charge in [-0.25, -0.2) is 11.1 Å². The van der Waals surface area contributed by atoms with Crippen LogP contribution in [0.15, 0.2) is 194 Å². The van der Waals surface area contributed by atoms with Crippen molar-refractivity contribution >= 4 is 92.6 Å². The zero-order chi connectivity index (χ0) is 99.0. The van der Waals surface area contributed by atoms with Crippen LogP contribution in [0.5, 0.6) is 28.7 Å². The van der Waals surface area contributed by atoms with Gasteiger partial charge in [0.05, 0.1) is 83.4 Å². The number of phenols is 1. The minimum absolute atomic E-state index is 0. The van der Waals surface area contributed by atoms with Crippen molar-refractivity contribution in [2.24, 2.45) is 35.3 Å². The van der Waals surface area contributed by atoms with Crippen LogP contribution in [0.3, 0.4) is 0 Å². The van der Waals surface area contributed by atoms with E-state index in [1.165, 1.54) is 187 Å². The first-order chi connectivity index (χ1) is 66.1. The molecule has 3 aliphatic heterocycles. The van der Waals surface area contributed by atoms with Gasteiger partial charge >= 0.3 is 138 Å². The molecule has 8 aromatic carbocycles. The molecule has 8 aromatic rings. The molecule has 27 nitrogen and oxygen atoms in total. The van der Waals surface area contributed by atoms with E-state index in [-0.39, 0.29) is 190 Å². The average Bonchev–Trinajstić information content (AvgIpc) is 1.65. The number of nitrogens with zero attached hydrogens (tertiary/aromatic N) is 5. The molecular weight excluding hydrogens is 2040 g/mol. The Hall–Kier alpha value is -7.76. The average molecular weight is 2190 g/mol. The number of likely N-dealkylation sites (N-methyl/N-ethyl adjacent to an activating group) is 2. The maximum absolute atomic E-state index is 12.5. The summed E-state index contributed by atoms with van der Waals surface area (Å²) in [6.45, 7) is 8.14. The molecule has 0 spiro atoms. The van der Waals surface area contributed by atoms with Gasteiger partial charge in [0.25, 0.3) is 41.9 Å². The molecule has 0 saturated heterocycles. The minimum Gasteiger partial charge on any atom is -1.00 e. The molecule has 0 aromatic heterocycles. The Balaban J connectivity index is 0.000000820. The third-order valence-corrected chi connectivity index (χ3v) is 24.5. The number of aromatic hydroxyl groups is 1. The van der Waals surface area contributed by atoms with Gasteiger partial charge in [0.1, 0.15) is 35.0 Å². The molecule has 0 atom stereocenters. The number of hydrogen-bond donors (Lipinski definition) is 8. The summed E-state index contributed by atoms with van der Waals surface area (Å²) in [5, 5.41) is 29.3. The first-order valence-electron chi connectivity index (χ1n) is 47.8. The van der Waals surface area contributed by atoms with E-state index in [9.17, 15) is 42.3 Å². The van der Waals surface area contributed by atoms with Gasteiger partial charge in [-0.2, -0.15) is 0 Å². The summed E-state index contributed by atoms with van der Waals surface area (Å²) in [7, 11) is 2.03. The van der Waals surface area contributed by atoms with Crippen molar-refractivity contribution in [2.45, 2.75) is 167 Å². The SMILES string of the molecule is BrCC1CCCCC1.CCO.CN(CCN)c1cccc(OCC2CCCCC2)c1.CN(CCN1C(=O)c2ccccc2C1=O)c1cccc(OCC2CCCCC2)c1.N=N.Nc1cccc(O)c1.Nc1cccc(OCC2CCCCC2)c1.O=C1c2ccccc2C(=O)N1CCNc1cccc(OCC2CCCCC2)c1.O=CCN1C(=O)c2ccccc2C1=O.O=CO[O-].[2H]CF.[2H]CF.[Cs+].[Cs+].[H-].[HH]. The number of aldehydes is 1. The van der Waals surface area contributed by atoms with Crippen LogP contribution in [0.1, 0.15) is 235 Å². The fourth-order valence-corrected chi connectivity index (χ4v) is 17.1. The zero-order valence-electron chi connectivity index (χ0n) is 83.0. The van der Waals surface area contributed by atoms with Gasteiger partial charge in [-0.1, -0.05) is 179 Å². The first kappa shape index (κ1) is 119. The van der Waals surface area contributed by atoms with Gasteiger partial charge in [0.15, 0.2) is 0 Å². The predicted octanol–water partition coefficient (Wildman–Crippen LogP) is 14.0. The third kappa shape index (κ3) is 44.4. The molecule has 6 amide bonds. The molecule has 5 saturated carbocycles. The number of alkyl halides is 3. The number of anilines is 5. The van der Waals surface area contributed by atoms with Crippen LogP contribution in [0.2, 0.25) is 0 Å². The van der Waals surface area contributed by atoms with E-state index in [2.05, 4.69) is 61.2 Å². The Morgan fingerprint density at radius 1 is 0.471 bits per heavy atom. The fourth-order valence-electron chi connectivity index (χ4n) is 16.4. The van der Waals surface area contributed by atoms with E-state index in [0.29, 0.717) is 89.9 Å². The van der Waals surface area contributed by atoms with Crippen molar-refractivity contribution < 1.29 is 230 Å². The molecule has 734 valence electrons. The molecule has 136 heavy (non-hydrogen) atoms. The number of aliphatic hydroxyl groups is 1. The van der Waals surface area contributed by atoms with Crippen molar-refractivity contribution in [3.63, 3.8) is 0 Å². The summed E-state index contributed by atoms with van der Waals surface area (Å²) in [5.74, 6) is 6.04. The smallest absolute Gasteiger partial charge is 1.00 e. The van der Waals surface area contributed by atoms with Crippen LogP contribution >= 0.6 is 15.9 Å². The second-order valence-corrected chi connectivity index (χ2v) is 33.9. The third-order valence-electron chi connectivity index (χ3n) is 23.6. The Morgan fingerprint density at radius 3 is 1.07 bits per heavy atom. The first-order valence-corrected chi connectivity index (χ1v) is 47.5. The number of carbonyl (C=O) groups is 8. The van der Waals surface area contributed by atoms with Gasteiger partial charge in [0, 0.05) is 125 Å². The molecule has 5 aliphatic carbocycles. The summed E-state index contributed by atoms with van der Waals surface area (Å²) in [6, 6.07) is 58.9. The maximum atomic E-state index is 12.5. The number of imide groups is 3. The molecule has 32 heteroatoms. The number of nitrogens with two attached hydrogens (primary N) is 3. The van der Waals surface area contributed by atoms with E-state index in [4.69, 9.17) is 70.2 Å². The number of amides is 6. The number of carbonyl (C=O) groups excluding carboxylic acids is 8. The quantitative estimate of drug-likeness (QED) is 0.00451. The maximum Gasteiger partial charge on any atom is 1.00 e. The van der Waals surface area contributed by atoms with Gasteiger partial charge < -0.3 is 77.8 Å². The normalized spacial score (nSPS) is 15.3. The van der Waals surface area contributed by atoms with E-state index >= 15 is 0 Å². The van der Waals surface area contributed by atoms with Crippen molar-refractivity contribution in [3.05, 3.63) is 228 Å². The van der Waals surface area contributed by atoms with Crippen LogP contribution in [-0.2, 0) is 14.5 Å². The van der Waals surface area contributed by atoms with Crippen molar-refractivity contribution in [3.8, 4) is 28.7 Å². The standard InChI is InChI=1S/C24H28N2O3.C23H26N2O3.C16H26N2O.C13H19NO.C10H7NO3.C7H13Br.C6H7NO.C2H6O.2CH3F.CH2O3.2Cs.H2N2.H2.H/c1-25(14-15-26-23(27)21-12-5-6-13-22(21)24(26)28)19-10-7-11-20(16-19)29-17-18-8-3-2-4-9-18;26-22-20-11-4-5-12-21(20)23(27)25(22)14-13-24-18-9-6-10-19(15-18)28-16-17-7-2-1-3-8-17;1-18(11-10-17)15-8-5-9-16(12-15)19-13-14-6-3-2-4-7-14;14-12-7-4-8-13(9-12)15-10-11-5-2-1-3-6-11;12-6-5-11-9(13)7-3-1-2-4-8(7)10(11)14;8-6-7-4-2-1-3-5-7;7-5-2-1-3-6(8)4-5;1-2-3;2*1-2;2-1-4-3;;;1-2;;/h5-7,10-13,16,18H,2-4,8-9,14-15,17H2,1H3;4-6,9-12,15,17,24H,1-3,7-8,13-14,16H2;5,8-9,12,14H,2-4,6-7,10-11,13,17H2,1H3;4,7-9,11H,1-3,5-6,10,14H2;1-4,6H,5H2;7H,1-6H2;1-4,8H,7H2;3H,2H2,1H3;2*1H3;1,3H;;;1-2H;1H;/q;;;;;;;;;;;2*+1;;;-1/p-1/i;;;;;;;;2*1D;;;;;;. The van der Waals surface area contributed by atoms with E-state index < -0.39 is 26.1 Å². The van der Waals surface area contributed by atoms with E-state index in [0.717, 1.165) is 95.7 Å². The Bertz CT molecular complexity index is 4680. The summed E-state index contributed by atoms with van der Waals surface area (Å²) in [5.41, 5.74) is 33.8. The van der Waals surface area contributed by atoms with Crippen molar-refractivity contribution in [1.82, 2.24) is 14.7 Å². The number of nitrogen functional groups attached to an aromatic ring is 2. The van der Waals surface area contributed by atoms with Gasteiger partial charge in [0.2, 0.25) is 0 Å². The number of phenolic OH excluding ortho intramolecular Hbond substituents is 1. The number of halogens is 3. The van der Waals surface area contributed by atoms with Gasteiger partial charge in [-0.15, -0.1) is 0 Å². The second-order valence-electron chi connectivity index (χ2n) is 33.2. The Morgan fingerprint density at radius 2 is 0.765 bits per heavy atom. The summed E-state index contributed by atoms with van der Waals surface area (Å²) in [4.78, 5) is 102. The summed E-state index contributed by atoms with van der Waals surface area (Å²) in [6.07, 6.45) is 34.5. The molecule has 0 bridgehead atoms. The Kier molecular flexibility index (Phi) is 64.1. The molecule has 11 N–H and O–H groups in total. The molecule has 0 radical (unpaired) electrons. The number of hydrogen-bond acceptors (Lipinski definition) is 24. The topological polar surface area (TPSA) is 400 Å². The van der Waals surface area contributed by atoms with Crippen molar-refractivity contribution in [2.75, 3.05) is 139 Å². The molecule has 16 rings (SSSR count). The summed E-state index contributed by atoms with van der Waals surface area (Å²) < 4.78 is 54.7. The van der Waals surface area contributed by atoms with E-state index in [1.54, 1.807) is 97.9 Å². The van der Waals surface area contributed by atoms with E-state index in [1.807, 2.05) is 85.9 Å². The monoisotopic (exact) mass is 2190 g/mol. The molecule has 8 aliphatic rings. The molecule has 5 fully saturated rings. The van der Waals surface area contributed by atoms with Crippen LogP contribution in [0.25, 0.3) is 0 Å². The minimum atomic E-state index is -1.00. The van der Waals surface area contributed by atoms with Crippen LogP contribution in [0.4, 0.5) is 37.2 Å². The number of fused-ring (bicyclic) bond motifs is 3. The van der Waals surface area contributed by atoms with Crippen molar-refractivity contribution in [1.29, 1.82) is 11.1 Å². The Labute approximate surface area is 934 Å². The number of rotatable bonds is 27. The zero-order valence-corrected chi connectivity index (χ0v) is 94.2.